The number of fused-ring (bicyclic) bond motifs is 2. The number of hydrogen-bond donors (Lipinski definition) is 0. The molecule has 3 heterocycles. The Morgan fingerprint density at radius 3 is 2.43 bits per heavy atom. The highest BCUT2D eigenvalue weighted by molar-refractivity contribution is 5.84. The molecule has 0 unspecified atom stereocenters. The van der Waals surface area contributed by atoms with E-state index in [2.05, 4.69) is 39.9 Å². The summed E-state index contributed by atoms with van der Waals surface area (Å²) in [6.07, 6.45) is 5.70. The van der Waals surface area contributed by atoms with Crippen LogP contribution < -0.4 is 18.9 Å². The molecular formula is C31H34N2O4. The predicted molar refractivity (Wildman–Crippen MR) is 145 cm³/mol. The van der Waals surface area contributed by atoms with Crippen LogP contribution in [-0.2, 0) is 6.54 Å². The van der Waals surface area contributed by atoms with Crippen LogP contribution in [0.1, 0.15) is 30.7 Å². The van der Waals surface area contributed by atoms with Crippen LogP contribution in [0.2, 0.25) is 0 Å². The number of aryl methyl sites for hydroxylation is 1. The number of para-hydroxylation sites is 2. The summed E-state index contributed by atoms with van der Waals surface area (Å²) >= 11 is 0. The van der Waals surface area contributed by atoms with E-state index in [1.807, 2.05) is 48.5 Å². The summed E-state index contributed by atoms with van der Waals surface area (Å²) in [5.74, 6) is 3.91. The molecule has 0 N–H and O–H groups in total. The summed E-state index contributed by atoms with van der Waals surface area (Å²) in [4.78, 5) is 2.53. The van der Waals surface area contributed by atoms with Gasteiger partial charge in [0.25, 0.3) is 0 Å². The van der Waals surface area contributed by atoms with Crippen LogP contribution in [0, 0.1) is 0 Å². The molecule has 0 bridgehead atoms. The van der Waals surface area contributed by atoms with Gasteiger partial charge in [0.2, 0.25) is 6.79 Å². The maximum Gasteiger partial charge on any atom is 0.231 e. The van der Waals surface area contributed by atoms with Crippen LogP contribution in [-0.4, -0.2) is 49.1 Å². The number of aromatic nitrogens is 1. The fraction of sp³-hybridized carbons (Fsp3) is 0.355. The summed E-state index contributed by atoms with van der Waals surface area (Å²) in [6, 6.07) is 24.7. The molecule has 0 saturated carbocycles. The Labute approximate surface area is 218 Å². The summed E-state index contributed by atoms with van der Waals surface area (Å²) in [5.41, 5.74) is 2.81. The van der Waals surface area contributed by atoms with Gasteiger partial charge < -0.3 is 23.5 Å². The van der Waals surface area contributed by atoms with Gasteiger partial charge in [0.05, 0.1) is 6.61 Å². The lowest BCUT2D eigenvalue weighted by atomic mass is 9.89. The predicted octanol–water partition coefficient (Wildman–Crippen LogP) is 6.10. The molecule has 3 aromatic carbocycles. The minimum absolute atomic E-state index is 0.281. The molecular weight excluding hydrogens is 464 g/mol. The zero-order chi connectivity index (χ0) is 24.9. The monoisotopic (exact) mass is 498 g/mol. The number of ether oxygens (including phenoxy) is 4. The van der Waals surface area contributed by atoms with Crippen LogP contribution in [0.4, 0.5) is 0 Å². The fourth-order valence-corrected chi connectivity index (χ4v) is 5.45. The number of rotatable bonds is 10. The molecule has 0 spiro atoms. The van der Waals surface area contributed by atoms with Crippen molar-refractivity contribution < 1.29 is 18.9 Å². The Balaban J connectivity index is 1.02. The van der Waals surface area contributed by atoms with Gasteiger partial charge in [-0.15, -0.1) is 0 Å². The zero-order valence-corrected chi connectivity index (χ0v) is 21.2. The molecule has 2 aliphatic heterocycles. The van der Waals surface area contributed by atoms with Crippen molar-refractivity contribution in [1.29, 1.82) is 0 Å². The van der Waals surface area contributed by atoms with Crippen molar-refractivity contribution >= 4 is 10.9 Å². The lowest BCUT2D eigenvalue weighted by Gasteiger charge is -2.31. The summed E-state index contributed by atoms with van der Waals surface area (Å²) < 4.78 is 25.1. The number of likely N-dealkylation sites (tertiary alicyclic amines) is 1. The maximum atomic E-state index is 6.00. The second-order valence-electron chi connectivity index (χ2n) is 9.79. The first-order chi connectivity index (χ1) is 18.3. The molecule has 0 radical (unpaired) electrons. The standard InChI is InChI=1S/C31H34N2O4/c1-2-7-25(8-3-1)35-20-18-32-16-13-24(14-17-32)28-22-33(29-10-5-4-9-27(28)29)15-6-19-34-26-11-12-30-31(21-26)37-23-36-30/h1-5,7-12,21-22,24H,6,13-20,23H2. The second-order valence-corrected chi connectivity index (χ2v) is 9.79. The van der Waals surface area contributed by atoms with Crippen molar-refractivity contribution in [1.82, 2.24) is 9.47 Å². The van der Waals surface area contributed by atoms with Gasteiger partial charge in [-0.2, -0.15) is 0 Å². The SMILES string of the molecule is c1ccc(OCCN2CCC(c3cn(CCCOc4ccc5c(c4)OCO5)c4ccccc34)CC2)cc1. The topological polar surface area (TPSA) is 45.1 Å². The molecule has 2 aliphatic rings. The lowest BCUT2D eigenvalue weighted by Crippen LogP contribution is -2.35. The lowest BCUT2D eigenvalue weighted by molar-refractivity contribution is 0.173. The first kappa shape index (κ1) is 23.7. The molecule has 1 fully saturated rings. The van der Waals surface area contributed by atoms with Gasteiger partial charge >= 0.3 is 0 Å². The summed E-state index contributed by atoms with van der Waals surface area (Å²) in [5, 5.41) is 1.39. The van der Waals surface area contributed by atoms with Crippen LogP contribution >= 0.6 is 0 Å². The molecule has 1 aromatic heterocycles. The first-order valence-corrected chi connectivity index (χ1v) is 13.3. The van der Waals surface area contributed by atoms with Gasteiger partial charge in [-0.3, -0.25) is 4.90 Å². The quantitative estimate of drug-likeness (QED) is 0.247. The molecule has 0 atom stereocenters. The van der Waals surface area contributed by atoms with E-state index >= 15 is 0 Å². The molecule has 6 heteroatoms. The van der Waals surface area contributed by atoms with E-state index in [4.69, 9.17) is 18.9 Å². The van der Waals surface area contributed by atoms with Gasteiger partial charge in [-0.1, -0.05) is 36.4 Å². The maximum absolute atomic E-state index is 6.00. The van der Waals surface area contributed by atoms with E-state index in [0.29, 0.717) is 12.5 Å². The van der Waals surface area contributed by atoms with Crippen molar-refractivity contribution in [2.45, 2.75) is 31.7 Å². The number of piperidine rings is 1. The number of hydrogen-bond acceptors (Lipinski definition) is 5. The van der Waals surface area contributed by atoms with Gasteiger partial charge in [0, 0.05) is 36.3 Å². The van der Waals surface area contributed by atoms with E-state index in [1.54, 1.807) is 0 Å². The molecule has 4 aromatic rings. The summed E-state index contributed by atoms with van der Waals surface area (Å²) in [6.45, 7) is 5.82. The van der Waals surface area contributed by atoms with Gasteiger partial charge in [0.15, 0.2) is 11.5 Å². The van der Waals surface area contributed by atoms with E-state index < -0.39 is 0 Å². The molecule has 6 rings (SSSR count). The number of benzene rings is 3. The fourth-order valence-electron chi connectivity index (χ4n) is 5.45. The van der Waals surface area contributed by atoms with Gasteiger partial charge in [-0.25, -0.2) is 0 Å². The van der Waals surface area contributed by atoms with Crippen LogP contribution in [0.3, 0.4) is 0 Å². The molecule has 37 heavy (non-hydrogen) atoms. The average molecular weight is 499 g/mol. The van der Waals surface area contributed by atoms with Crippen molar-refractivity contribution in [3.8, 4) is 23.0 Å². The van der Waals surface area contributed by atoms with Crippen LogP contribution in [0.15, 0.2) is 79.0 Å². The van der Waals surface area contributed by atoms with Gasteiger partial charge in [0.1, 0.15) is 18.1 Å². The molecule has 1 saturated heterocycles. The Morgan fingerprint density at radius 2 is 1.54 bits per heavy atom. The molecule has 6 nitrogen and oxygen atoms in total. The normalized spacial score (nSPS) is 15.8. The number of nitrogens with zero attached hydrogens (tertiary/aromatic N) is 2. The zero-order valence-electron chi connectivity index (χ0n) is 21.2. The molecule has 0 amide bonds. The van der Waals surface area contributed by atoms with E-state index in [1.165, 1.54) is 29.3 Å². The van der Waals surface area contributed by atoms with Crippen molar-refractivity contribution in [3.63, 3.8) is 0 Å². The Morgan fingerprint density at radius 1 is 0.757 bits per heavy atom. The first-order valence-electron chi connectivity index (χ1n) is 13.3. The summed E-state index contributed by atoms with van der Waals surface area (Å²) in [7, 11) is 0. The minimum Gasteiger partial charge on any atom is -0.493 e. The van der Waals surface area contributed by atoms with Crippen molar-refractivity contribution in [2.24, 2.45) is 0 Å². The Kier molecular flexibility index (Phi) is 7.17. The van der Waals surface area contributed by atoms with Gasteiger partial charge in [-0.05, 0) is 74.2 Å². The Bertz CT molecular complexity index is 1310. The van der Waals surface area contributed by atoms with Crippen LogP contribution in [0.25, 0.3) is 10.9 Å². The minimum atomic E-state index is 0.281. The molecule has 192 valence electrons. The second kappa shape index (κ2) is 11.2. The third-order valence-corrected chi connectivity index (χ3v) is 7.42. The van der Waals surface area contributed by atoms with Crippen molar-refractivity contribution in [2.75, 3.05) is 39.6 Å². The van der Waals surface area contributed by atoms with E-state index in [-0.39, 0.29) is 6.79 Å². The third kappa shape index (κ3) is 5.54. The van der Waals surface area contributed by atoms with Crippen molar-refractivity contribution in [3.05, 3.63) is 84.6 Å². The third-order valence-electron chi connectivity index (χ3n) is 7.42. The average Bonchev–Trinajstić information content (AvgIpc) is 3.57. The Hall–Kier alpha value is -3.64. The van der Waals surface area contributed by atoms with Crippen LogP contribution in [0.5, 0.6) is 23.0 Å². The highest BCUT2D eigenvalue weighted by Gasteiger charge is 2.23. The highest BCUT2D eigenvalue weighted by Crippen LogP contribution is 2.36. The van der Waals surface area contributed by atoms with E-state index in [0.717, 1.165) is 62.2 Å². The largest absolute Gasteiger partial charge is 0.493 e. The highest BCUT2D eigenvalue weighted by atomic mass is 16.7. The smallest absolute Gasteiger partial charge is 0.231 e. The molecule has 0 aliphatic carbocycles. The van der Waals surface area contributed by atoms with E-state index in [9.17, 15) is 0 Å².